The first kappa shape index (κ1) is 18.7. The van der Waals surface area contributed by atoms with Gasteiger partial charge in [-0.05, 0) is 78.6 Å². The van der Waals surface area contributed by atoms with Crippen LogP contribution in [0.5, 0.6) is 5.75 Å². The molecule has 1 aliphatic heterocycles. The van der Waals surface area contributed by atoms with Gasteiger partial charge in [0.2, 0.25) is 0 Å². The fourth-order valence-electron chi connectivity index (χ4n) is 4.69. The van der Waals surface area contributed by atoms with Gasteiger partial charge in [0.1, 0.15) is 5.75 Å². The van der Waals surface area contributed by atoms with Gasteiger partial charge in [0.25, 0.3) is 0 Å². The van der Waals surface area contributed by atoms with Crippen LogP contribution >= 0.6 is 0 Å². The Morgan fingerprint density at radius 1 is 1.14 bits per heavy atom. The Hall–Kier alpha value is -2.70. The number of aromatic carboxylic acids is 1. The summed E-state index contributed by atoms with van der Waals surface area (Å²) in [6.45, 7) is 1.89. The van der Waals surface area contributed by atoms with E-state index >= 15 is 0 Å². The molecule has 0 bridgehead atoms. The summed E-state index contributed by atoms with van der Waals surface area (Å²) in [5.41, 5.74) is 3.84. The SMILES string of the molecule is Cc1cc(C(=O)O)ccc1[C@@H]1Nc2ccc(OC(F)(F)F)cc2[C@@H]2CCC[C@@H]21. The smallest absolute Gasteiger partial charge is 0.478 e. The minimum Gasteiger partial charge on any atom is -0.478 e. The lowest BCUT2D eigenvalue weighted by Crippen LogP contribution is -2.29. The highest BCUT2D eigenvalue weighted by atomic mass is 19.4. The number of anilines is 1. The molecule has 0 spiro atoms. The lowest BCUT2D eigenvalue weighted by Gasteiger charge is -2.38. The third-order valence-corrected chi connectivity index (χ3v) is 5.82. The Morgan fingerprint density at radius 3 is 2.61 bits per heavy atom. The lowest BCUT2D eigenvalue weighted by atomic mass is 9.76. The number of halogens is 3. The van der Waals surface area contributed by atoms with Crippen LogP contribution in [0, 0.1) is 12.8 Å². The maximum absolute atomic E-state index is 12.6. The molecule has 0 unspecified atom stereocenters. The van der Waals surface area contributed by atoms with E-state index in [1.54, 1.807) is 18.2 Å². The van der Waals surface area contributed by atoms with Crippen LogP contribution in [0.2, 0.25) is 0 Å². The summed E-state index contributed by atoms with van der Waals surface area (Å²) in [5.74, 6) is -0.772. The number of ether oxygens (including phenoxy) is 1. The summed E-state index contributed by atoms with van der Waals surface area (Å²) in [6.07, 6.45) is -1.83. The number of carbonyl (C=O) groups is 1. The fourth-order valence-corrected chi connectivity index (χ4v) is 4.69. The summed E-state index contributed by atoms with van der Waals surface area (Å²) in [4.78, 5) is 11.2. The Labute approximate surface area is 160 Å². The average molecular weight is 391 g/mol. The number of aryl methyl sites for hydroxylation is 1. The van der Waals surface area contributed by atoms with Crippen molar-refractivity contribution < 1.29 is 27.8 Å². The van der Waals surface area contributed by atoms with E-state index in [0.717, 1.165) is 41.6 Å². The van der Waals surface area contributed by atoms with E-state index in [4.69, 9.17) is 0 Å². The van der Waals surface area contributed by atoms with Crippen molar-refractivity contribution in [1.29, 1.82) is 0 Å². The molecular weight excluding hydrogens is 371 g/mol. The van der Waals surface area contributed by atoms with Gasteiger partial charge in [-0.1, -0.05) is 12.5 Å². The van der Waals surface area contributed by atoms with Crippen LogP contribution in [0.25, 0.3) is 0 Å². The largest absolute Gasteiger partial charge is 0.573 e. The summed E-state index contributed by atoms with van der Waals surface area (Å²) in [5, 5.41) is 12.7. The number of alkyl halides is 3. The maximum Gasteiger partial charge on any atom is 0.573 e. The second kappa shape index (κ2) is 6.72. The van der Waals surface area contributed by atoms with Crippen LogP contribution < -0.4 is 10.1 Å². The predicted octanol–water partition coefficient (Wildman–Crippen LogP) is 5.64. The predicted molar refractivity (Wildman–Crippen MR) is 97.7 cm³/mol. The van der Waals surface area contributed by atoms with E-state index in [2.05, 4.69) is 10.1 Å². The summed E-state index contributed by atoms with van der Waals surface area (Å²) in [6, 6.07) is 9.57. The zero-order valence-electron chi connectivity index (χ0n) is 15.2. The lowest BCUT2D eigenvalue weighted by molar-refractivity contribution is -0.274. The molecular formula is C21H20F3NO3. The van der Waals surface area contributed by atoms with Crippen LogP contribution in [0.1, 0.15) is 58.3 Å². The number of hydrogen-bond donors (Lipinski definition) is 2. The van der Waals surface area contributed by atoms with Crippen molar-refractivity contribution in [2.75, 3.05) is 5.32 Å². The number of benzene rings is 2. The highest BCUT2D eigenvalue weighted by molar-refractivity contribution is 5.88. The topological polar surface area (TPSA) is 58.6 Å². The van der Waals surface area contributed by atoms with Crippen LogP contribution in [0.4, 0.5) is 18.9 Å². The van der Waals surface area contributed by atoms with E-state index in [0.29, 0.717) is 0 Å². The molecule has 148 valence electrons. The van der Waals surface area contributed by atoms with E-state index in [9.17, 15) is 23.1 Å². The third kappa shape index (κ3) is 3.41. The quantitative estimate of drug-likeness (QED) is 0.711. The number of carboxylic acids is 1. The van der Waals surface area contributed by atoms with Crippen molar-refractivity contribution >= 4 is 11.7 Å². The monoisotopic (exact) mass is 391 g/mol. The van der Waals surface area contributed by atoms with Crippen molar-refractivity contribution in [2.45, 2.75) is 44.5 Å². The minimum absolute atomic E-state index is 0.00257. The second-order valence-corrected chi connectivity index (χ2v) is 7.50. The van der Waals surface area contributed by atoms with Crippen molar-refractivity contribution in [1.82, 2.24) is 0 Å². The number of carboxylic acid groups (broad SMARTS) is 1. The summed E-state index contributed by atoms with van der Waals surface area (Å²) in [7, 11) is 0. The van der Waals surface area contributed by atoms with E-state index in [1.165, 1.54) is 12.1 Å². The Balaban J connectivity index is 1.70. The molecule has 1 fully saturated rings. The molecule has 4 rings (SSSR count). The van der Waals surface area contributed by atoms with Crippen molar-refractivity contribution in [2.24, 2.45) is 5.92 Å². The van der Waals surface area contributed by atoms with Crippen LogP contribution in [0.3, 0.4) is 0 Å². The van der Waals surface area contributed by atoms with Gasteiger partial charge in [-0.15, -0.1) is 13.2 Å². The molecule has 3 atom stereocenters. The van der Waals surface area contributed by atoms with Gasteiger partial charge < -0.3 is 15.2 Å². The summed E-state index contributed by atoms with van der Waals surface area (Å²) < 4.78 is 41.8. The third-order valence-electron chi connectivity index (χ3n) is 5.82. The van der Waals surface area contributed by atoms with E-state index in [-0.39, 0.29) is 29.2 Å². The van der Waals surface area contributed by atoms with Gasteiger partial charge >= 0.3 is 12.3 Å². The highest BCUT2D eigenvalue weighted by Crippen LogP contribution is 2.53. The Bertz CT molecular complexity index is 926. The number of rotatable bonds is 3. The molecule has 2 aliphatic rings. The van der Waals surface area contributed by atoms with Gasteiger partial charge in [0.05, 0.1) is 11.6 Å². The molecule has 0 radical (unpaired) electrons. The van der Waals surface area contributed by atoms with Gasteiger partial charge in [0.15, 0.2) is 0 Å². The van der Waals surface area contributed by atoms with Gasteiger partial charge in [0, 0.05) is 5.69 Å². The van der Waals surface area contributed by atoms with Crippen LogP contribution in [-0.2, 0) is 0 Å². The van der Waals surface area contributed by atoms with Gasteiger partial charge in [-0.3, -0.25) is 0 Å². The van der Waals surface area contributed by atoms with Gasteiger partial charge in [-0.25, -0.2) is 4.79 Å². The van der Waals surface area contributed by atoms with Gasteiger partial charge in [-0.2, -0.15) is 0 Å². The van der Waals surface area contributed by atoms with Crippen LogP contribution in [-0.4, -0.2) is 17.4 Å². The fraction of sp³-hybridized carbons (Fsp3) is 0.381. The standard InChI is InChI=1S/C21H20F3NO3/c1-11-9-12(20(26)27)5-7-14(11)19-16-4-2-3-15(16)17-10-13(28-21(22,23)24)6-8-18(17)25-19/h5-10,15-16,19,25H,2-4H2,1H3,(H,26,27)/t15-,16+,19+/m1/s1. The maximum atomic E-state index is 12.6. The first-order valence-corrected chi connectivity index (χ1v) is 9.23. The van der Waals surface area contributed by atoms with Crippen molar-refractivity contribution in [3.05, 3.63) is 58.7 Å². The zero-order valence-corrected chi connectivity index (χ0v) is 15.2. The molecule has 1 heterocycles. The van der Waals surface area contributed by atoms with E-state index in [1.807, 2.05) is 13.0 Å². The van der Waals surface area contributed by atoms with E-state index < -0.39 is 12.3 Å². The molecule has 28 heavy (non-hydrogen) atoms. The molecule has 1 aliphatic carbocycles. The first-order chi connectivity index (χ1) is 13.2. The summed E-state index contributed by atoms with van der Waals surface area (Å²) >= 11 is 0. The Morgan fingerprint density at radius 2 is 1.93 bits per heavy atom. The Kier molecular flexibility index (Phi) is 4.48. The molecule has 0 aromatic heterocycles. The number of hydrogen-bond acceptors (Lipinski definition) is 3. The average Bonchev–Trinajstić information content (AvgIpc) is 3.10. The molecule has 0 saturated heterocycles. The zero-order chi connectivity index (χ0) is 20.1. The molecule has 4 nitrogen and oxygen atoms in total. The molecule has 2 aromatic carbocycles. The minimum atomic E-state index is -4.71. The first-order valence-electron chi connectivity index (χ1n) is 9.23. The molecule has 7 heteroatoms. The number of fused-ring (bicyclic) bond motifs is 3. The molecule has 1 saturated carbocycles. The molecule has 2 N–H and O–H groups in total. The normalized spacial score (nSPS) is 23.5. The van der Waals surface area contributed by atoms with Crippen molar-refractivity contribution in [3.63, 3.8) is 0 Å². The number of nitrogens with one attached hydrogen (secondary N) is 1. The van der Waals surface area contributed by atoms with Crippen molar-refractivity contribution in [3.8, 4) is 5.75 Å². The molecule has 0 amide bonds. The molecule has 2 aromatic rings. The second-order valence-electron chi connectivity index (χ2n) is 7.50. The highest BCUT2D eigenvalue weighted by Gasteiger charge is 2.41. The van der Waals surface area contributed by atoms with Crippen LogP contribution in [0.15, 0.2) is 36.4 Å².